The first-order valence-electron chi connectivity index (χ1n) is 10.6. The number of carbonyl (C=O) groups excluding carboxylic acids is 1. The van der Waals surface area contributed by atoms with Crippen molar-refractivity contribution < 1.29 is 14.6 Å². The van der Waals surface area contributed by atoms with Gasteiger partial charge < -0.3 is 14.7 Å². The lowest BCUT2D eigenvalue weighted by Crippen LogP contribution is -2.35. The molecule has 170 valence electrons. The molecule has 8 heteroatoms. The fourth-order valence-electron chi connectivity index (χ4n) is 3.76. The highest BCUT2D eigenvalue weighted by atomic mass is 32.1. The number of nitrogens with zero attached hydrogens (tertiary/aromatic N) is 3. The first-order valence-corrected chi connectivity index (χ1v) is 11.4. The molecule has 0 fully saturated rings. The number of carbonyl (C=O) groups is 1. The van der Waals surface area contributed by atoms with E-state index in [-0.39, 0.29) is 17.9 Å². The molecule has 1 N–H and O–H groups in total. The van der Waals surface area contributed by atoms with Crippen molar-refractivity contribution in [1.82, 2.24) is 4.57 Å². The molecule has 4 rings (SSSR count). The third kappa shape index (κ3) is 4.21. The van der Waals surface area contributed by atoms with Crippen LogP contribution < -0.4 is 19.8 Å². The number of esters is 1. The molecule has 1 aliphatic rings. The van der Waals surface area contributed by atoms with Gasteiger partial charge in [-0.05, 0) is 43.7 Å². The third-order valence-electron chi connectivity index (χ3n) is 5.49. The van der Waals surface area contributed by atoms with E-state index in [2.05, 4.69) is 0 Å². The number of rotatable bonds is 5. The van der Waals surface area contributed by atoms with Gasteiger partial charge in [-0.3, -0.25) is 9.36 Å². The minimum Gasteiger partial charge on any atom is -0.507 e. The number of thiazole rings is 1. The van der Waals surface area contributed by atoms with Crippen molar-refractivity contribution in [1.29, 1.82) is 0 Å². The molecule has 0 saturated heterocycles. The van der Waals surface area contributed by atoms with Crippen molar-refractivity contribution >= 4 is 34.8 Å². The molecule has 2 heterocycles. The van der Waals surface area contributed by atoms with Crippen molar-refractivity contribution in [2.75, 3.05) is 25.6 Å². The Bertz CT molecular complexity index is 1420. The number of phenols is 1. The predicted molar refractivity (Wildman–Crippen MR) is 130 cm³/mol. The number of fused-ring (bicyclic) bond motifs is 1. The molecule has 0 radical (unpaired) electrons. The minimum absolute atomic E-state index is 0.0866. The summed E-state index contributed by atoms with van der Waals surface area (Å²) in [5, 5.41) is 10.1. The lowest BCUT2D eigenvalue weighted by Gasteiger charge is -2.23. The van der Waals surface area contributed by atoms with Gasteiger partial charge in [0.1, 0.15) is 11.8 Å². The van der Waals surface area contributed by atoms with Crippen LogP contribution in [-0.2, 0) is 9.53 Å². The topological polar surface area (TPSA) is 84.1 Å². The van der Waals surface area contributed by atoms with Crippen LogP contribution >= 0.6 is 11.3 Å². The fourth-order valence-corrected chi connectivity index (χ4v) is 4.79. The maximum absolute atomic E-state index is 13.2. The van der Waals surface area contributed by atoms with Gasteiger partial charge >= 0.3 is 5.97 Å². The zero-order valence-electron chi connectivity index (χ0n) is 18.9. The number of phenolic OH excluding ortho intramolecular Hbond substituents is 1. The average molecular weight is 464 g/mol. The molecule has 0 spiro atoms. The summed E-state index contributed by atoms with van der Waals surface area (Å²) in [4.78, 5) is 33.5. The molecular weight excluding hydrogens is 438 g/mol. The number of benzene rings is 2. The van der Waals surface area contributed by atoms with E-state index in [4.69, 9.17) is 9.73 Å². The highest BCUT2D eigenvalue weighted by molar-refractivity contribution is 7.07. The Labute approximate surface area is 195 Å². The molecule has 0 aliphatic carbocycles. The molecule has 0 saturated carbocycles. The number of ether oxygens (including phenoxy) is 1. The van der Waals surface area contributed by atoms with Crippen LogP contribution in [0.1, 0.15) is 31.0 Å². The van der Waals surface area contributed by atoms with Gasteiger partial charge in [0.2, 0.25) is 0 Å². The maximum Gasteiger partial charge on any atom is 0.338 e. The lowest BCUT2D eigenvalue weighted by atomic mass is 9.96. The zero-order valence-corrected chi connectivity index (χ0v) is 19.7. The zero-order chi connectivity index (χ0) is 23.7. The van der Waals surface area contributed by atoms with Crippen molar-refractivity contribution in [3.63, 3.8) is 0 Å². The summed E-state index contributed by atoms with van der Waals surface area (Å²) in [6.45, 7) is 3.71. The summed E-state index contributed by atoms with van der Waals surface area (Å²) >= 11 is 1.23. The number of aromatic nitrogens is 1. The molecule has 7 nitrogen and oxygen atoms in total. The molecule has 1 atom stereocenters. The van der Waals surface area contributed by atoms with Crippen molar-refractivity contribution in [3.8, 4) is 5.75 Å². The third-order valence-corrected chi connectivity index (χ3v) is 6.47. The lowest BCUT2D eigenvalue weighted by molar-refractivity contribution is -0.138. The number of hydrogen-bond donors (Lipinski definition) is 1. The summed E-state index contributed by atoms with van der Waals surface area (Å²) in [5.41, 5.74) is 2.95. The summed E-state index contributed by atoms with van der Waals surface area (Å²) in [5.74, 6) is -0.404. The molecule has 1 aliphatic heterocycles. The summed E-state index contributed by atoms with van der Waals surface area (Å²) in [7, 11) is 3.92. The smallest absolute Gasteiger partial charge is 0.338 e. The molecule has 3 aromatic rings. The van der Waals surface area contributed by atoms with E-state index in [0.717, 1.165) is 11.3 Å². The van der Waals surface area contributed by atoms with Crippen LogP contribution in [0.2, 0.25) is 0 Å². The summed E-state index contributed by atoms with van der Waals surface area (Å²) < 4.78 is 7.19. The van der Waals surface area contributed by atoms with Crippen molar-refractivity contribution in [3.05, 3.63) is 84.9 Å². The average Bonchev–Trinajstić information content (AvgIpc) is 3.10. The molecule has 0 unspecified atom stereocenters. The molecule has 0 bridgehead atoms. The van der Waals surface area contributed by atoms with Gasteiger partial charge in [-0.2, -0.15) is 0 Å². The van der Waals surface area contributed by atoms with Gasteiger partial charge in [0, 0.05) is 31.0 Å². The Morgan fingerprint density at radius 1 is 1.21 bits per heavy atom. The number of hydrogen-bond acceptors (Lipinski definition) is 7. The Hall–Kier alpha value is -3.65. The molecule has 0 amide bonds. The summed E-state index contributed by atoms with van der Waals surface area (Å²) in [6, 6.07) is 14.0. The molecular formula is C25H25N3O4S. The van der Waals surface area contributed by atoms with Gasteiger partial charge in [0.25, 0.3) is 5.56 Å². The van der Waals surface area contributed by atoms with Crippen LogP contribution in [0.25, 0.3) is 11.8 Å². The highest BCUT2D eigenvalue weighted by Gasteiger charge is 2.31. The number of anilines is 1. The van der Waals surface area contributed by atoms with E-state index < -0.39 is 12.0 Å². The van der Waals surface area contributed by atoms with Crippen LogP contribution in [0.15, 0.2) is 63.9 Å². The first kappa shape index (κ1) is 22.5. The first-order chi connectivity index (χ1) is 15.8. The van der Waals surface area contributed by atoms with E-state index in [0.29, 0.717) is 26.2 Å². The predicted octanol–water partition coefficient (Wildman–Crippen LogP) is 2.68. The number of allylic oxidation sites excluding steroid dienone is 1. The van der Waals surface area contributed by atoms with Gasteiger partial charge in [0.05, 0.1) is 16.7 Å². The Kier molecular flexibility index (Phi) is 6.20. The SMILES string of the molecule is CCOC(=O)C1=C(C)n2c(s/c(=C\c3ccccc3O)c2=O)=N[C@@H]1c1ccc(N(C)C)cc1. The van der Waals surface area contributed by atoms with Crippen LogP contribution in [0, 0.1) is 0 Å². The van der Waals surface area contributed by atoms with Gasteiger partial charge in [-0.25, -0.2) is 9.79 Å². The second-order valence-electron chi connectivity index (χ2n) is 7.83. The van der Waals surface area contributed by atoms with Gasteiger partial charge in [-0.15, -0.1) is 0 Å². The van der Waals surface area contributed by atoms with E-state index >= 15 is 0 Å². The van der Waals surface area contributed by atoms with Crippen LogP contribution in [-0.4, -0.2) is 36.3 Å². The second-order valence-corrected chi connectivity index (χ2v) is 8.84. The van der Waals surface area contributed by atoms with Gasteiger partial charge in [0.15, 0.2) is 4.80 Å². The standard InChI is InChI=1S/C25H25N3O4S/c1-5-32-24(31)21-15(2)28-23(30)20(14-17-8-6-7-9-19(17)29)33-25(28)26-22(21)16-10-12-18(13-11-16)27(3)4/h6-14,22,29H,5H2,1-4H3/b20-14-/t22-/m1/s1. The van der Waals surface area contributed by atoms with Crippen molar-refractivity contribution in [2.45, 2.75) is 19.9 Å². The fraction of sp³-hybridized carbons (Fsp3) is 0.240. The highest BCUT2D eigenvalue weighted by Crippen LogP contribution is 2.33. The van der Waals surface area contributed by atoms with E-state index in [1.807, 2.05) is 43.3 Å². The molecule has 2 aromatic carbocycles. The van der Waals surface area contributed by atoms with Crippen molar-refractivity contribution in [2.24, 2.45) is 4.99 Å². The largest absolute Gasteiger partial charge is 0.507 e. The molecule has 33 heavy (non-hydrogen) atoms. The minimum atomic E-state index is -0.587. The number of aromatic hydroxyl groups is 1. The Balaban J connectivity index is 1.93. The molecule has 1 aromatic heterocycles. The Morgan fingerprint density at radius 3 is 2.55 bits per heavy atom. The number of para-hydroxylation sites is 1. The van der Waals surface area contributed by atoms with Crippen LogP contribution in [0.5, 0.6) is 5.75 Å². The maximum atomic E-state index is 13.2. The Morgan fingerprint density at radius 2 is 1.91 bits per heavy atom. The summed E-state index contributed by atoms with van der Waals surface area (Å²) in [6.07, 6.45) is 1.64. The van der Waals surface area contributed by atoms with Gasteiger partial charge in [-0.1, -0.05) is 41.7 Å². The van der Waals surface area contributed by atoms with E-state index in [1.54, 1.807) is 44.2 Å². The quantitative estimate of drug-likeness (QED) is 0.588. The van der Waals surface area contributed by atoms with E-state index in [1.165, 1.54) is 15.9 Å². The monoisotopic (exact) mass is 463 g/mol. The normalized spacial score (nSPS) is 15.8. The van der Waals surface area contributed by atoms with Crippen LogP contribution in [0.4, 0.5) is 5.69 Å². The van der Waals surface area contributed by atoms with Crippen LogP contribution in [0.3, 0.4) is 0 Å². The second kappa shape index (κ2) is 9.07. The van der Waals surface area contributed by atoms with E-state index in [9.17, 15) is 14.7 Å².